The van der Waals surface area contributed by atoms with Crippen molar-refractivity contribution >= 4 is 17.3 Å². The quantitative estimate of drug-likeness (QED) is 0.492. The van der Waals surface area contributed by atoms with Crippen LogP contribution in [-0.2, 0) is 6.54 Å². The van der Waals surface area contributed by atoms with E-state index >= 15 is 0 Å². The van der Waals surface area contributed by atoms with E-state index in [9.17, 15) is 0 Å². The van der Waals surface area contributed by atoms with E-state index in [4.69, 9.17) is 12.2 Å². The van der Waals surface area contributed by atoms with Crippen LogP contribution in [0.25, 0.3) is 5.69 Å². The van der Waals surface area contributed by atoms with Crippen molar-refractivity contribution in [3.05, 3.63) is 115 Å². The maximum atomic E-state index is 5.80. The number of hydrogen-bond donors (Lipinski definition) is 1. The number of benzene rings is 1. The van der Waals surface area contributed by atoms with Crippen LogP contribution < -0.4 is 5.32 Å². The van der Waals surface area contributed by atoms with Crippen molar-refractivity contribution < 1.29 is 0 Å². The first-order chi connectivity index (χ1) is 14.8. The Hall–Kier alpha value is -3.51. The first kappa shape index (κ1) is 18.5. The maximum Gasteiger partial charge on any atom is 0.170 e. The zero-order valence-electron chi connectivity index (χ0n) is 16.3. The fourth-order valence-electron chi connectivity index (χ4n) is 4.05. The highest BCUT2D eigenvalue weighted by molar-refractivity contribution is 7.80. The summed E-state index contributed by atoms with van der Waals surface area (Å²) in [6, 6.07) is 24.7. The molecule has 1 N–H and O–H groups in total. The molecule has 148 valence electrons. The summed E-state index contributed by atoms with van der Waals surface area (Å²) in [4.78, 5) is 11.1. The highest BCUT2D eigenvalue weighted by Crippen LogP contribution is 2.40. The minimum Gasteiger partial charge on any atom is -0.352 e. The molecule has 5 nitrogen and oxygen atoms in total. The van der Waals surface area contributed by atoms with Crippen LogP contribution in [0, 0.1) is 0 Å². The van der Waals surface area contributed by atoms with Crippen LogP contribution >= 0.6 is 12.2 Å². The second kappa shape index (κ2) is 8.08. The van der Waals surface area contributed by atoms with Crippen molar-refractivity contribution in [3.8, 4) is 5.69 Å². The summed E-state index contributed by atoms with van der Waals surface area (Å²) in [5, 5.41) is 4.26. The molecule has 2 unspecified atom stereocenters. The van der Waals surface area contributed by atoms with E-state index in [2.05, 4.69) is 73.4 Å². The first-order valence-electron chi connectivity index (χ1n) is 9.91. The molecule has 4 heterocycles. The number of pyridine rings is 2. The van der Waals surface area contributed by atoms with Crippen LogP contribution in [0.1, 0.15) is 29.0 Å². The molecule has 0 aliphatic carbocycles. The van der Waals surface area contributed by atoms with E-state index in [-0.39, 0.29) is 12.1 Å². The molecule has 5 rings (SSSR count). The summed E-state index contributed by atoms with van der Waals surface area (Å²) in [6.45, 7) is 0.724. The van der Waals surface area contributed by atoms with Crippen molar-refractivity contribution in [3.63, 3.8) is 0 Å². The van der Waals surface area contributed by atoms with Gasteiger partial charge in [-0.15, -0.1) is 0 Å². The van der Waals surface area contributed by atoms with Gasteiger partial charge in [-0.25, -0.2) is 0 Å². The summed E-state index contributed by atoms with van der Waals surface area (Å²) in [5.74, 6) is 0. The lowest BCUT2D eigenvalue weighted by molar-refractivity contribution is 0.302. The second-order valence-electron chi connectivity index (χ2n) is 7.25. The minimum atomic E-state index is -0.0436. The van der Waals surface area contributed by atoms with Gasteiger partial charge in [0.2, 0.25) is 0 Å². The molecule has 4 aromatic rings. The van der Waals surface area contributed by atoms with Crippen molar-refractivity contribution in [1.82, 2.24) is 24.8 Å². The Bertz CT molecular complexity index is 1130. The average Bonchev–Trinajstić information content (AvgIpc) is 3.40. The largest absolute Gasteiger partial charge is 0.352 e. The predicted molar refractivity (Wildman–Crippen MR) is 121 cm³/mol. The summed E-state index contributed by atoms with van der Waals surface area (Å²) in [5.41, 5.74) is 4.42. The van der Waals surface area contributed by atoms with Crippen molar-refractivity contribution in [2.45, 2.75) is 18.6 Å². The highest BCUT2D eigenvalue weighted by atomic mass is 32.1. The van der Waals surface area contributed by atoms with Crippen LogP contribution in [0.4, 0.5) is 0 Å². The number of thiocarbonyl (C=S) groups is 1. The zero-order valence-corrected chi connectivity index (χ0v) is 17.1. The van der Waals surface area contributed by atoms with E-state index in [1.54, 1.807) is 0 Å². The third-order valence-electron chi connectivity index (χ3n) is 5.42. The maximum absolute atomic E-state index is 5.80. The van der Waals surface area contributed by atoms with Crippen LogP contribution in [0.3, 0.4) is 0 Å². The van der Waals surface area contributed by atoms with E-state index < -0.39 is 0 Å². The van der Waals surface area contributed by atoms with Crippen molar-refractivity contribution in [1.29, 1.82) is 0 Å². The topological polar surface area (TPSA) is 46.0 Å². The van der Waals surface area contributed by atoms with E-state index in [0.717, 1.165) is 28.7 Å². The number of nitrogens with zero attached hydrogens (tertiary/aromatic N) is 4. The number of aromatic nitrogens is 3. The molecule has 0 spiro atoms. The first-order valence-corrected chi connectivity index (χ1v) is 10.3. The van der Waals surface area contributed by atoms with Gasteiger partial charge in [0, 0.05) is 42.7 Å². The van der Waals surface area contributed by atoms with Crippen LogP contribution in [0.15, 0.2) is 97.6 Å². The standard InChI is InChI=1S/C24H21N5S/c30-24-27-22(20-9-4-5-13-26-20)23(29(24)17-18-7-2-1-3-8-18)21-10-6-16-28(21)19-11-14-25-15-12-19/h1-16,22-23H,17H2,(H,27,30). The molecule has 6 heteroatoms. The van der Waals surface area contributed by atoms with Gasteiger partial charge >= 0.3 is 0 Å². The summed E-state index contributed by atoms with van der Waals surface area (Å²) >= 11 is 5.80. The molecule has 1 fully saturated rings. The smallest absolute Gasteiger partial charge is 0.170 e. The van der Waals surface area contributed by atoms with Gasteiger partial charge in [0.05, 0.1) is 17.8 Å². The molecule has 30 heavy (non-hydrogen) atoms. The molecule has 1 aliphatic heterocycles. The van der Waals surface area contributed by atoms with Gasteiger partial charge in [0.25, 0.3) is 0 Å². The zero-order chi connectivity index (χ0) is 20.3. The molecule has 2 atom stereocenters. The Balaban J connectivity index is 1.60. The monoisotopic (exact) mass is 411 g/mol. The molecule has 1 saturated heterocycles. The Morgan fingerprint density at radius 3 is 2.43 bits per heavy atom. The lowest BCUT2D eigenvalue weighted by Crippen LogP contribution is -2.30. The molecule has 1 aliphatic rings. The molecule has 0 amide bonds. The number of hydrogen-bond acceptors (Lipinski definition) is 3. The molecule has 1 aromatic carbocycles. The fourth-order valence-corrected chi connectivity index (χ4v) is 4.36. The predicted octanol–water partition coefficient (Wildman–Crippen LogP) is 4.44. The lowest BCUT2D eigenvalue weighted by atomic mass is 10.0. The van der Waals surface area contributed by atoms with Crippen LogP contribution in [-0.4, -0.2) is 24.5 Å². The minimum absolute atomic E-state index is 0.00392. The van der Waals surface area contributed by atoms with Gasteiger partial charge in [-0.2, -0.15) is 0 Å². The molecule has 0 bridgehead atoms. The van der Waals surface area contributed by atoms with E-state index in [1.165, 1.54) is 5.56 Å². The van der Waals surface area contributed by atoms with Crippen molar-refractivity contribution in [2.24, 2.45) is 0 Å². The average molecular weight is 412 g/mol. The van der Waals surface area contributed by atoms with Gasteiger partial charge in [-0.05, 0) is 54.2 Å². The van der Waals surface area contributed by atoms with Gasteiger partial charge in [-0.3, -0.25) is 9.97 Å². The molecular formula is C24H21N5S. The summed E-state index contributed by atoms with van der Waals surface area (Å²) in [6.07, 6.45) is 7.55. The second-order valence-corrected chi connectivity index (χ2v) is 7.64. The lowest BCUT2D eigenvalue weighted by Gasteiger charge is -2.29. The van der Waals surface area contributed by atoms with E-state index in [0.29, 0.717) is 0 Å². The Kier molecular flexibility index (Phi) is 4.99. The molecule has 0 radical (unpaired) electrons. The van der Waals surface area contributed by atoms with E-state index in [1.807, 2.05) is 48.9 Å². The van der Waals surface area contributed by atoms with Crippen LogP contribution in [0.2, 0.25) is 0 Å². The number of rotatable bonds is 5. The van der Waals surface area contributed by atoms with Gasteiger partial charge in [-0.1, -0.05) is 36.4 Å². The summed E-state index contributed by atoms with van der Waals surface area (Å²) < 4.78 is 2.20. The Morgan fingerprint density at radius 1 is 0.867 bits per heavy atom. The SMILES string of the molecule is S=C1NC(c2ccccn2)C(c2cccn2-c2ccncc2)N1Cc1ccccc1. The Morgan fingerprint density at radius 2 is 1.67 bits per heavy atom. The van der Waals surface area contributed by atoms with Gasteiger partial charge in [0.15, 0.2) is 5.11 Å². The fraction of sp³-hybridized carbons (Fsp3) is 0.125. The molecule has 0 saturated carbocycles. The third-order valence-corrected chi connectivity index (χ3v) is 5.77. The number of nitrogens with one attached hydrogen (secondary N) is 1. The summed E-state index contributed by atoms with van der Waals surface area (Å²) in [7, 11) is 0. The molecular weight excluding hydrogens is 390 g/mol. The highest BCUT2D eigenvalue weighted by Gasteiger charge is 2.41. The van der Waals surface area contributed by atoms with Crippen molar-refractivity contribution in [2.75, 3.05) is 0 Å². The third kappa shape index (κ3) is 3.46. The van der Waals surface area contributed by atoms with Gasteiger partial charge in [0.1, 0.15) is 0 Å². The van der Waals surface area contributed by atoms with Gasteiger partial charge < -0.3 is 14.8 Å². The normalized spacial score (nSPS) is 18.4. The molecule has 3 aromatic heterocycles. The van der Waals surface area contributed by atoms with Crippen LogP contribution in [0.5, 0.6) is 0 Å². The Labute approximate surface area is 181 Å².